The van der Waals surface area contributed by atoms with Crippen LogP contribution in [0.5, 0.6) is 0 Å². The minimum atomic E-state index is -0.545. The predicted octanol–water partition coefficient (Wildman–Crippen LogP) is 2.54. The lowest BCUT2D eigenvalue weighted by molar-refractivity contribution is 0.181. The number of rotatable bonds is 6. The molecule has 2 atom stereocenters. The molecule has 0 heterocycles. The van der Waals surface area contributed by atoms with Crippen LogP contribution in [0.2, 0.25) is 0 Å². The maximum Gasteiger partial charge on any atom is 0.322 e. The molecule has 1 aromatic rings. The molecule has 1 rings (SSSR count). The molecule has 0 aliphatic heterocycles. The van der Waals surface area contributed by atoms with Gasteiger partial charge in [-0.15, -0.1) is 0 Å². The first kappa shape index (κ1) is 17.5. The second-order valence-electron chi connectivity index (χ2n) is 5.63. The number of aliphatic hydroxyl groups is 1. The number of hydrogen-bond donors (Lipinski definition) is 2. The number of amides is 2. The molecule has 0 saturated heterocycles. The van der Waals surface area contributed by atoms with E-state index in [0.717, 1.165) is 12.1 Å². The fraction of sp³-hybridized carbons (Fsp3) is 0.562. The van der Waals surface area contributed by atoms with E-state index in [0.29, 0.717) is 12.2 Å². The molecule has 0 radical (unpaired) electrons. The highest BCUT2D eigenvalue weighted by Crippen LogP contribution is 2.17. The Balaban J connectivity index is 2.76. The lowest BCUT2D eigenvalue weighted by Gasteiger charge is -2.30. The summed E-state index contributed by atoms with van der Waals surface area (Å²) in [7, 11) is 3.99. The third-order valence-electron chi connectivity index (χ3n) is 3.38. The Bertz CT molecular complexity index is 461. The van der Waals surface area contributed by atoms with Crippen LogP contribution in [0.25, 0.3) is 0 Å². The number of benzene rings is 1. The van der Waals surface area contributed by atoms with Crippen molar-refractivity contribution in [3.8, 4) is 0 Å². The van der Waals surface area contributed by atoms with Crippen LogP contribution in [0.15, 0.2) is 24.3 Å². The molecule has 5 nitrogen and oxygen atoms in total. The Kier molecular flexibility index (Phi) is 6.65. The molecule has 0 bridgehead atoms. The SMILES string of the molecule is CCN(C(=O)Nc1cccc(C(C)O)c1)C(C)CN(C)C. The number of aliphatic hydroxyl groups excluding tert-OH is 1. The van der Waals surface area contributed by atoms with E-state index in [1.54, 1.807) is 17.9 Å². The van der Waals surface area contributed by atoms with Crippen LogP contribution in [0.1, 0.15) is 32.4 Å². The van der Waals surface area contributed by atoms with Gasteiger partial charge < -0.3 is 20.2 Å². The summed E-state index contributed by atoms with van der Waals surface area (Å²) in [6.07, 6.45) is -0.545. The molecule has 0 spiro atoms. The third-order valence-corrected chi connectivity index (χ3v) is 3.38. The second kappa shape index (κ2) is 8.00. The van der Waals surface area contributed by atoms with E-state index in [2.05, 4.69) is 10.2 Å². The molecule has 118 valence electrons. The lowest BCUT2D eigenvalue weighted by atomic mass is 10.1. The van der Waals surface area contributed by atoms with Gasteiger partial charge in [0.1, 0.15) is 0 Å². The molecule has 2 unspecified atom stereocenters. The van der Waals surface area contributed by atoms with Crippen molar-refractivity contribution in [1.82, 2.24) is 9.80 Å². The van der Waals surface area contributed by atoms with Crippen LogP contribution in [-0.2, 0) is 0 Å². The molecule has 21 heavy (non-hydrogen) atoms. The van der Waals surface area contributed by atoms with Gasteiger partial charge in [0.15, 0.2) is 0 Å². The average Bonchev–Trinajstić information content (AvgIpc) is 2.38. The van der Waals surface area contributed by atoms with Crippen LogP contribution in [0.3, 0.4) is 0 Å². The Labute approximate surface area is 127 Å². The molecule has 0 aromatic heterocycles. The quantitative estimate of drug-likeness (QED) is 0.847. The van der Waals surface area contributed by atoms with Crippen LogP contribution in [0.4, 0.5) is 10.5 Å². The maximum atomic E-state index is 12.4. The fourth-order valence-corrected chi connectivity index (χ4v) is 2.35. The number of carbonyl (C=O) groups excluding carboxylic acids is 1. The van der Waals surface area contributed by atoms with Crippen molar-refractivity contribution in [3.05, 3.63) is 29.8 Å². The summed E-state index contributed by atoms with van der Waals surface area (Å²) in [6, 6.07) is 7.31. The van der Waals surface area contributed by atoms with Gasteiger partial charge in [-0.3, -0.25) is 0 Å². The zero-order valence-electron chi connectivity index (χ0n) is 13.6. The summed E-state index contributed by atoms with van der Waals surface area (Å²) in [5, 5.41) is 12.5. The monoisotopic (exact) mass is 293 g/mol. The number of nitrogens with one attached hydrogen (secondary N) is 1. The summed E-state index contributed by atoms with van der Waals surface area (Å²) < 4.78 is 0. The van der Waals surface area contributed by atoms with Gasteiger partial charge in [-0.05, 0) is 52.6 Å². The van der Waals surface area contributed by atoms with Gasteiger partial charge >= 0.3 is 6.03 Å². The van der Waals surface area contributed by atoms with E-state index in [-0.39, 0.29) is 12.1 Å². The topological polar surface area (TPSA) is 55.8 Å². The molecule has 0 fully saturated rings. The summed E-state index contributed by atoms with van der Waals surface area (Å²) in [4.78, 5) is 16.2. The molecular formula is C16H27N3O2. The Hall–Kier alpha value is -1.59. The molecule has 0 saturated carbocycles. The summed E-state index contributed by atoms with van der Waals surface area (Å²) in [5.41, 5.74) is 1.49. The minimum absolute atomic E-state index is 0.116. The molecular weight excluding hydrogens is 266 g/mol. The zero-order chi connectivity index (χ0) is 16.0. The van der Waals surface area contributed by atoms with Crippen molar-refractivity contribution in [2.24, 2.45) is 0 Å². The molecule has 2 N–H and O–H groups in total. The van der Waals surface area contributed by atoms with E-state index >= 15 is 0 Å². The highest BCUT2D eigenvalue weighted by atomic mass is 16.3. The standard InChI is InChI=1S/C16H27N3O2/c1-6-19(12(2)11-18(4)5)16(21)17-15-9-7-8-14(10-15)13(3)20/h7-10,12-13,20H,6,11H2,1-5H3,(H,17,21). The van der Waals surface area contributed by atoms with Gasteiger partial charge in [-0.25, -0.2) is 4.79 Å². The van der Waals surface area contributed by atoms with E-state index in [1.165, 1.54) is 0 Å². The molecule has 5 heteroatoms. The van der Waals surface area contributed by atoms with Crippen LogP contribution >= 0.6 is 0 Å². The highest BCUT2D eigenvalue weighted by molar-refractivity contribution is 5.89. The largest absolute Gasteiger partial charge is 0.389 e. The van der Waals surface area contributed by atoms with E-state index in [4.69, 9.17) is 0 Å². The van der Waals surface area contributed by atoms with E-state index in [9.17, 15) is 9.90 Å². The second-order valence-corrected chi connectivity index (χ2v) is 5.63. The van der Waals surface area contributed by atoms with Crippen molar-refractivity contribution in [2.75, 3.05) is 32.5 Å². The van der Waals surface area contributed by atoms with Crippen molar-refractivity contribution in [3.63, 3.8) is 0 Å². The number of carbonyl (C=O) groups is 1. The first-order chi connectivity index (χ1) is 9.85. The van der Waals surface area contributed by atoms with Crippen molar-refractivity contribution >= 4 is 11.7 Å². The number of likely N-dealkylation sites (N-methyl/N-ethyl adjacent to an activating group) is 2. The minimum Gasteiger partial charge on any atom is -0.389 e. The number of nitrogens with zero attached hydrogens (tertiary/aromatic N) is 2. The molecule has 0 aliphatic carbocycles. The maximum absolute atomic E-state index is 12.4. The smallest absolute Gasteiger partial charge is 0.322 e. The third kappa shape index (κ3) is 5.36. The summed E-state index contributed by atoms with van der Waals surface area (Å²) >= 11 is 0. The highest BCUT2D eigenvalue weighted by Gasteiger charge is 2.19. The van der Waals surface area contributed by atoms with Crippen molar-refractivity contribution < 1.29 is 9.90 Å². The summed E-state index contributed by atoms with van der Waals surface area (Å²) in [6.45, 7) is 7.18. The van der Waals surface area contributed by atoms with Gasteiger partial charge in [-0.1, -0.05) is 12.1 Å². The van der Waals surface area contributed by atoms with Gasteiger partial charge in [0, 0.05) is 24.8 Å². The normalized spacial score (nSPS) is 13.9. The lowest BCUT2D eigenvalue weighted by Crippen LogP contribution is -2.45. The molecule has 1 aromatic carbocycles. The zero-order valence-corrected chi connectivity index (χ0v) is 13.6. The van der Waals surface area contributed by atoms with Crippen molar-refractivity contribution in [1.29, 1.82) is 0 Å². The number of hydrogen-bond acceptors (Lipinski definition) is 3. The van der Waals surface area contributed by atoms with Gasteiger partial charge in [0.2, 0.25) is 0 Å². The fourth-order valence-electron chi connectivity index (χ4n) is 2.35. The van der Waals surface area contributed by atoms with E-state index in [1.807, 2.05) is 46.1 Å². The number of urea groups is 1. The average molecular weight is 293 g/mol. The van der Waals surface area contributed by atoms with Crippen LogP contribution in [-0.4, -0.2) is 54.2 Å². The Morgan fingerprint density at radius 3 is 2.52 bits per heavy atom. The first-order valence-corrected chi connectivity index (χ1v) is 7.35. The van der Waals surface area contributed by atoms with Crippen LogP contribution in [0, 0.1) is 0 Å². The predicted molar refractivity (Wildman–Crippen MR) is 86.5 cm³/mol. The summed E-state index contributed by atoms with van der Waals surface area (Å²) in [5.74, 6) is 0. The molecule has 2 amide bonds. The Morgan fingerprint density at radius 1 is 1.33 bits per heavy atom. The number of anilines is 1. The Morgan fingerprint density at radius 2 is 2.00 bits per heavy atom. The molecule has 0 aliphatic rings. The van der Waals surface area contributed by atoms with Crippen molar-refractivity contribution in [2.45, 2.75) is 32.9 Å². The van der Waals surface area contributed by atoms with E-state index < -0.39 is 6.10 Å². The van der Waals surface area contributed by atoms with Gasteiger partial charge in [0.05, 0.1) is 6.10 Å². The van der Waals surface area contributed by atoms with Gasteiger partial charge in [-0.2, -0.15) is 0 Å². The van der Waals surface area contributed by atoms with Gasteiger partial charge in [0.25, 0.3) is 0 Å². The first-order valence-electron chi connectivity index (χ1n) is 7.35. The van der Waals surface area contributed by atoms with Crippen LogP contribution < -0.4 is 5.32 Å².